The first-order chi connectivity index (χ1) is 13.3. The summed E-state index contributed by atoms with van der Waals surface area (Å²) >= 11 is 1.41. The van der Waals surface area contributed by atoms with Gasteiger partial charge in [-0.05, 0) is 36.4 Å². The number of carboxylic acid groups (broad SMARTS) is 1. The minimum absolute atomic E-state index is 0.0111. The van der Waals surface area contributed by atoms with E-state index in [1.54, 1.807) is 12.3 Å². The molecule has 1 aromatic heterocycles. The van der Waals surface area contributed by atoms with E-state index in [9.17, 15) is 23.1 Å². The van der Waals surface area contributed by atoms with E-state index in [-0.39, 0.29) is 28.6 Å². The smallest absolute Gasteiger partial charge is 0.337 e. The number of hydrogen-bond acceptors (Lipinski definition) is 3. The zero-order valence-electron chi connectivity index (χ0n) is 15.7. The Balaban J connectivity index is 2.00. The van der Waals surface area contributed by atoms with Crippen LogP contribution < -0.4 is 0 Å². The molecule has 28 heavy (non-hydrogen) atoms. The normalized spacial score (nSPS) is 12.7. The molecule has 0 aliphatic carbocycles. The van der Waals surface area contributed by atoms with E-state index < -0.39 is 17.7 Å². The molecular weight excluding hydrogens is 387 g/mol. The highest BCUT2D eigenvalue weighted by Gasteiger charge is 2.31. The minimum atomic E-state index is -3.03. The molecule has 1 aromatic carbocycles. The summed E-state index contributed by atoms with van der Waals surface area (Å²) in [6, 6.07) is 7.38. The number of benzene rings is 1. The van der Waals surface area contributed by atoms with Crippen LogP contribution >= 0.6 is 11.8 Å². The molecule has 3 nitrogen and oxygen atoms in total. The Labute approximate surface area is 167 Å². The highest BCUT2D eigenvalue weighted by molar-refractivity contribution is 7.99. The number of halogens is 3. The van der Waals surface area contributed by atoms with Crippen molar-refractivity contribution < 1.29 is 23.1 Å². The highest BCUT2D eigenvalue weighted by Crippen LogP contribution is 2.34. The summed E-state index contributed by atoms with van der Waals surface area (Å²) in [4.78, 5) is 15.6. The minimum Gasteiger partial charge on any atom is -0.478 e. The molecular formula is C21H24F3NO2S. The number of nitrogens with zero attached hydrogens (tertiary/aromatic N) is 1. The third kappa shape index (κ3) is 6.55. The Hall–Kier alpha value is -2.02. The average Bonchev–Trinajstić information content (AvgIpc) is 2.66. The Morgan fingerprint density at radius 1 is 1.25 bits per heavy atom. The van der Waals surface area contributed by atoms with Crippen LogP contribution in [0.4, 0.5) is 13.2 Å². The van der Waals surface area contributed by atoms with E-state index in [1.165, 1.54) is 17.8 Å². The fourth-order valence-electron chi connectivity index (χ4n) is 2.88. The second kappa shape index (κ2) is 10.5. The van der Waals surface area contributed by atoms with Gasteiger partial charge < -0.3 is 5.11 Å². The number of aromatic carboxylic acids is 1. The first-order valence-corrected chi connectivity index (χ1v) is 10.3. The molecule has 1 heterocycles. The largest absolute Gasteiger partial charge is 0.478 e. The van der Waals surface area contributed by atoms with Gasteiger partial charge in [-0.25, -0.2) is 18.0 Å². The number of aromatic nitrogens is 1. The zero-order chi connectivity index (χ0) is 20.6. The molecule has 7 heteroatoms. The van der Waals surface area contributed by atoms with Crippen LogP contribution in [0.25, 0.3) is 0 Å². The lowest BCUT2D eigenvalue weighted by molar-refractivity contribution is -0.00709. The second-order valence-corrected chi connectivity index (χ2v) is 8.01. The summed E-state index contributed by atoms with van der Waals surface area (Å²) < 4.78 is 41.7. The Kier molecular flexibility index (Phi) is 8.35. The van der Waals surface area contributed by atoms with Gasteiger partial charge in [0.1, 0.15) is 5.82 Å². The molecule has 0 bridgehead atoms. The summed E-state index contributed by atoms with van der Waals surface area (Å²) in [6.07, 6.45) is 4.32. The molecule has 0 fully saturated rings. The molecule has 2 rings (SSSR count). The van der Waals surface area contributed by atoms with Crippen molar-refractivity contribution in [3.63, 3.8) is 0 Å². The van der Waals surface area contributed by atoms with Crippen LogP contribution in [-0.4, -0.2) is 27.1 Å². The predicted octanol–water partition coefficient (Wildman–Crippen LogP) is 5.94. The fraction of sp³-hybridized carbons (Fsp3) is 0.429. The van der Waals surface area contributed by atoms with Crippen LogP contribution in [0.15, 0.2) is 42.6 Å². The third-order valence-electron chi connectivity index (χ3n) is 4.46. The molecule has 1 unspecified atom stereocenters. The van der Waals surface area contributed by atoms with E-state index in [0.29, 0.717) is 12.1 Å². The number of carboxylic acids is 1. The lowest BCUT2D eigenvalue weighted by Gasteiger charge is -2.20. The van der Waals surface area contributed by atoms with Crippen LogP contribution in [-0.2, 0) is 12.3 Å². The number of pyridine rings is 1. The van der Waals surface area contributed by atoms with E-state index in [0.717, 1.165) is 43.5 Å². The van der Waals surface area contributed by atoms with Crippen molar-refractivity contribution in [1.29, 1.82) is 0 Å². The van der Waals surface area contributed by atoms with E-state index in [1.807, 2.05) is 6.92 Å². The van der Waals surface area contributed by atoms with Crippen molar-refractivity contribution in [2.24, 2.45) is 0 Å². The van der Waals surface area contributed by atoms with Gasteiger partial charge in [0.15, 0.2) is 0 Å². The summed E-state index contributed by atoms with van der Waals surface area (Å²) in [5.74, 6) is -4.40. The van der Waals surface area contributed by atoms with Crippen LogP contribution in [0.2, 0.25) is 0 Å². The second-order valence-electron chi connectivity index (χ2n) is 6.60. The van der Waals surface area contributed by atoms with Gasteiger partial charge in [-0.15, -0.1) is 0 Å². The summed E-state index contributed by atoms with van der Waals surface area (Å²) in [5, 5.41) is 9.32. The Bertz CT molecular complexity index is 769. The van der Waals surface area contributed by atoms with Gasteiger partial charge >= 0.3 is 5.97 Å². The first-order valence-electron chi connectivity index (χ1n) is 9.26. The zero-order valence-corrected chi connectivity index (χ0v) is 16.5. The predicted molar refractivity (Wildman–Crippen MR) is 106 cm³/mol. The quantitative estimate of drug-likeness (QED) is 0.497. The van der Waals surface area contributed by atoms with Crippen molar-refractivity contribution in [2.45, 2.75) is 50.2 Å². The van der Waals surface area contributed by atoms with Gasteiger partial charge in [-0.3, -0.25) is 4.98 Å². The molecule has 0 saturated heterocycles. The molecule has 0 aliphatic rings. The third-order valence-corrected chi connectivity index (χ3v) is 5.77. The maximum atomic E-state index is 14.4. The Morgan fingerprint density at radius 3 is 2.61 bits per heavy atom. The monoisotopic (exact) mass is 411 g/mol. The molecule has 2 aromatic rings. The molecule has 0 amide bonds. The van der Waals surface area contributed by atoms with Gasteiger partial charge in [0.05, 0.1) is 11.3 Å². The van der Waals surface area contributed by atoms with Crippen molar-refractivity contribution >= 4 is 17.7 Å². The lowest BCUT2D eigenvalue weighted by atomic mass is 10.1. The number of hydrogen-bond donors (Lipinski definition) is 1. The molecule has 152 valence electrons. The van der Waals surface area contributed by atoms with Crippen LogP contribution in [0.5, 0.6) is 0 Å². The average molecular weight is 411 g/mol. The number of thioether (sulfide) groups is 1. The van der Waals surface area contributed by atoms with Gasteiger partial charge in [-0.2, -0.15) is 11.8 Å². The highest BCUT2D eigenvalue weighted by atomic mass is 32.2. The van der Waals surface area contributed by atoms with Gasteiger partial charge in [0, 0.05) is 29.9 Å². The standard InChI is InChI=1S/C21H24F3NO2S/c1-2-3-5-17(14-19-18(20(26)27)6-4-12-25-19)28-13-11-21(23,24)15-7-9-16(22)10-8-15/h4,6-10,12,17H,2-3,5,11,13-14H2,1H3,(H,26,27). The van der Waals surface area contributed by atoms with Crippen molar-refractivity contribution in [2.75, 3.05) is 5.75 Å². The van der Waals surface area contributed by atoms with Crippen LogP contribution in [0.3, 0.4) is 0 Å². The molecule has 0 aliphatic heterocycles. The summed E-state index contributed by atoms with van der Waals surface area (Å²) in [7, 11) is 0. The van der Waals surface area contributed by atoms with E-state index >= 15 is 0 Å². The maximum absolute atomic E-state index is 14.4. The fourth-order valence-corrected chi connectivity index (χ4v) is 4.20. The first kappa shape index (κ1) is 22.3. The van der Waals surface area contributed by atoms with Crippen LogP contribution in [0, 0.1) is 5.82 Å². The number of carbonyl (C=O) groups is 1. The molecule has 0 spiro atoms. The topological polar surface area (TPSA) is 50.2 Å². The van der Waals surface area contributed by atoms with E-state index in [4.69, 9.17) is 0 Å². The van der Waals surface area contributed by atoms with Crippen molar-refractivity contribution in [1.82, 2.24) is 4.98 Å². The molecule has 0 saturated carbocycles. The van der Waals surface area contributed by atoms with Crippen molar-refractivity contribution in [3.05, 3.63) is 65.2 Å². The van der Waals surface area contributed by atoms with E-state index in [2.05, 4.69) is 4.98 Å². The van der Waals surface area contributed by atoms with Crippen LogP contribution in [0.1, 0.15) is 54.2 Å². The lowest BCUT2D eigenvalue weighted by Crippen LogP contribution is -2.17. The van der Waals surface area contributed by atoms with Gasteiger partial charge in [0.25, 0.3) is 5.92 Å². The Morgan fingerprint density at radius 2 is 1.96 bits per heavy atom. The maximum Gasteiger partial charge on any atom is 0.337 e. The SMILES string of the molecule is CCCCC(Cc1ncccc1C(=O)O)SCCC(F)(F)c1ccc(F)cc1. The van der Waals surface area contributed by atoms with Gasteiger partial charge in [-0.1, -0.05) is 31.9 Å². The number of unbranched alkanes of at least 4 members (excludes halogenated alkanes) is 1. The summed E-state index contributed by atoms with van der Waals surface area (Å²) in [6.45, 7) is 2.05. The number of rotatable bonds is 11. The summed E-state index contributed by atoms with van der Waals surface area (Å²) in [5.41, 5.74) is 0.438. The van der Waals surface area contributed by atoms with Crippen molar-refractivity contribution in [3.8, 4) is 0 Å². The molecule has 0 radical (unpaired) electrons. The molecule has 1 atom stereocenters. The van der Waals surface area contributed by atoms with Gasteiger partial charge in [0.2, 0.25) is 0 Å². The molecule has 1 N–H and O–H groups in total. The number of alkyl halides is 2.